The molecule has 1 fully saturated rings. The molecule has 1 amide bonds. The minimum atomic E-state index is -1.57. The number of ether oxygens (including phenoxy) is 2. The predicted octanol–water partition coefficient (Wildman–Crippen LogP) is 23.1. The van der Waals surface area contributed by atoms with Crippen molar-refractivity contribution in [2.24, 2.45) is 0 Å². The van der Waals surface area contributed by atoms with E-state index in [4.69, 9.17) is 9.47 Å². The number of unbranched alkanes of at least 4 members (excludes halogenated alkanes) is 56. The molecule has 1 heterocycles. The Bertz CT molecular complexity index is 1580. The molecule has 0 radical (unpaired) electrons. The molecule has 7 unspecified atom stereocenters. The summed E-state index contributed by atoms with van der Waals surface area (Å²) < 4.78 is 11.4. The molecule has 9 heteroatoms. The third-order valence-corrected chi connectivity index (χ3v) is 19.4. The van der Waals surface area contributed by atoms with Gasteiger partial charge in [-0.1, -0.05) is 396 Å². The van der Waals surface area contributed by atoms with Gasteiger partial charge < -0.3 is 40.3 Å². The second-order valence-electron chi connectivity index (χ2n) is 28.2. The SMILES string of the molecule is CCCCCCC/C=C\C/C=C\C/C=C\CCCCCCCCCCCCCCCCCCCCCCC(=O)NC(COC1OC(CO)C(O)C(O)C1O)C(O)/C=C/CCCCCCCCCCCCCCCCCCCCCCCCCCCCCCCCC. The van der Waals surface area contributed by atoms with E-state index in [1.807, 2.05) is 6.08 Å². The molecule has 1 rings (SSSR count). The average molecular weight is 1280 g/mol. The molecular formula is C82H155NO8. The van der Waals surface area contributed by atoms with Crippen molar-refractivity contribution in [2.75, 3.05) is 13.2 Å². The fourth-order valence-electron chi connectivity index (χ4n) is 13.1. The first-order valence-corrected chi connectivity index (χ1v) is 40.4. The Balaban J connectivity index is 2.07. The zero-order valence-corrected chi connectivity index (χ0v) is 60.4. The molecule has 7 atom stereocenters. The summed E-state index contributed by atoms with van der Waals surface area (Å²) in [7, 11) is 0. The third kappa shape index (κ3) is 59.2. The Labute approximate surface area is 564 Å². The van der Waals surface area contributed by atoms with Crippen LogP contribution in [0, 0.1) is 0 Å². The summed E-state index contributed by atoms with van der Waals surface area (Å²) in [4.78, 5) is 13.2. The van der Waals surface area contributed by atoms with Gasteiger partial charge in [0.1, 0.15) is 24.4 Å². The van der Waals surface area contributed by atoms with E-state index in [0.717, 1.165) is 51.4 Å². The molecule has 0 spiro atoms. The maximum atomic E-state index is 13.2. The van der Waals surface area contributed by atoms with E-state index in [2.05, 4.69) is 55.6 Å². The number of carbonyl (C=O) groups excluding carboxylic acids is 1. The van der Waals surface area contributed by atoms with Gasteiger partial charge in [0, 0.05) is 6.42 Å². The monoisotopic (exact) mass is 1280 g/mol. The van der Waals surface area contributed by atoms with E-state index in [-0.39, 0.29) is 12.5 Å². The highest BCUT2D eigenvalue weighted by atomic mass is 16.7. The van der Waals surface area contributed by atoms with Crippen LogP contribution < -0.4 is 5.32 Å². The molecule has 91 heavy (non-hydrogen) atoms. The quantitative estimate of drug-likeness (QED) is 0.0261. The molecule has 6 N–H and O–H groups in total. The van der Waals surface area contributed by atoms with Crippen LogP contribution in [0.5, 0.6) is 0 Å². The van der Waals surface area contributed by atoms with E-state index in [1.165, 1.54) is 340 Å². The number of hydrogen-bond acceptors (Lipinski definition) is 8. The number of nitrogens with one attached hydrogen (secondary N) is 1. The first-order chi connectivity index (χ1) is 44.8. The number of amides is 1. The van der Waals surface area contributed by atoms with Gasteiger partial charge in [-0.05, 0) is 57.8 Å². The lowest BCUT2D eigenvalue weighted by molar-refractivity contribution is -0.302. The van der Waals surface area contributed by atoms with E-state index in [0.29, 0.717) is 6.42 Å². The standard InChI is InChI=1S/C82H155NO8/c1-3-5-7-9-11-13-15-17-19-21-23-25-27-29-31-33-35-37-38-40-42-44-46-48-50-52-54-56-58-60-62-64-66-68-70-72-78(86)83-75(74-90-82-81(89)80(88)79(87)77(73-84)91-82)76(85)71-69-67-65-63-61-59-57-55-53-51-49-47-45-43-41-39-36-34-32-30-28-26-24-22-20-18-16-14-12-10-8-6-4-2/h15,17,21,23,27,29,69,71,75-77,79-82,84-85,87-89H,3-14,16,18-20,22,24-26,28,30-68,70,72-74H2,1-2H3,(H,83,86)/b17-15-,23-21-,29-27-,71-69+. The van der Waals surface area contributed by atoms with Gasteiger partial charge in [0.2, 0.25) is 5.91 Å². The topological polar surface area (TPSA) is 149 Å². The first-order valence-electron chi connectivity index (χ1n) is 40.4. The van der Waals surface area contributed by atoms with Crippen LogP contribution >= 0.6 is 0 Å². The maximum Gasteiger partial charge on any atom is 0.220 e. The summed E-state index contributed by atoms with van der Waals surface area (Å²) >= 11 is 0. The fourth-order valence-corrected chi connectivity index (χ4v) is 13.1. The molecule has 9 nitrogen and oxygen atoms in total. The second kappa shape index (κ2) is 70.9. The van der Waals surface area contributed by atoms with Crippen LogP contribution in [-0.2, 0) is 14.3 Å². The van der Waals surface area contributed by atoms with Crippen LogP contribution in [0.15, 0.2) is 48.6 Å². The average Bonchev–Trinajstić information content (AvgIpc) is 1.58. The fraction of sp³-hybridized carbons (Fsp3) is 0.890. The van der Waals surface area contributed by atoms with Crippen LogP contribution in [0.2, 0.25) is 0 Å². The van der Waals surface area contributed by atoms with E-state index < -0.39 is 49.5 Å². The minimum Gasteiger partial charge on any atom is -0.394 e. The Morgan fingerprint density at radius 1 is 0.374 bits per heavy atom. The van der Waals surface area contributed by atoms with Gasteiger partial charge in [-0.3, -0.25) is 4.79 Å². The molecule has 0 aromatic rings. The van der Waals surface area contributed by atoms with Crippen LogP contribution in [0.25, 0.3) is 0 Å². The highest BCUT2D eigenvalue weighted by molar-refractivity contribution is 5.76. The Morgan fingerprint density at radius 3 is 0.956 bits per heavy atom. The Hall–Kier alpha value is -1.85. The highest BCUT2D eigenvalue weighted by Gasteiger charge is 2.44. The van der Waals surface area contributed by atoms with Crippen molar-refractivity contribution in [2.45, 2.75) is 455 Å². The molecule has 536 valence electrons. The normalized spacial score (nSPS) is 17.9. The number of hydrogen-bond donors (Lipinski definition) is 6. The summed E-state index contributed by atoms with van der Waals surface area (Å²) in [5, 5.41) is 54.9. The second-order valence-corrected chi connectivity index (χ2v) is 28.2. The summed E-state index contributed by atoms with van der Waals surface area (Å²) in [6.07, 6.45) is 91.2. The van der Waals surface area contributed by atoms with Crippen molar-refractivity contribution >= 4 is 5.91 Å². The predicted molar refractivity (Wildman–Crippen MR) is 392 cm³/mol. The number of carbonyl (C=O) groups is 1. The molecule has 1 saturated heterocycles. The van der Waals surface area contributed by atoms with Gasteiger partial charge in [0.25, 0.3) is 0 Å². The lowest BCUT2D eigenvalue weighted by Gasteiger charge is -2.40. The summed E-state index contributed by atoms with van der Waals surface area (Å²) in [5.41, 5.74) is 0. The molecular weight excluding hydrogens is 1130 g/mol. The van der Waals surface area contributed by atoms with Gasteiger partial charge in [-0.2, -0.15) is 0 Å². The van der Waals surface area contributed by atoms with Crippen molar-refractivity contribution in [1.29, 1.82) is 0 Å². The maximum absolute atomic E-state index is 13.2. The molecule has 0 saturated carbocycles. The molecule has 0 aromatic heterocycles. The van der Waals surface area contributed by atoms with E-state index >= 15 is 0 Å². The largest absolute Gasteiger partial charge is 0.394 e. The molecule has 0 bridgehead atoms. The van der Waals surface area contributed by atoms with E-state index in [1.54, 1.807) is 6.08 Å². The number of rotatable bonds is 72. The van der Waals surface area contributed by atoms with Crippen molar-refractivity contribution in [1.82, 2.24) is 5.32 Å². The molecule has 1 aliphatic heterocycles. The molecule has 1 aliphatic rings. The van der Waals surface area contributed by atoms with Gasteiger partial charge in [-0.25, -0.2) is 0 Å². The summed E-state index contributed by atoms with van der Waals surface area (Å²) in [6, 6.07) is -0.807. The first kappa shape index (κ1) is 87.2. The smallest absolute Gasteiger partial charge is 0.220 e. The molecule has 0 aliphatic carbocycles. The van der Waals surface area contributed by atoms with Gasteiger partial charge in [-0.15, -0.1) is 0 Å². The highest BCUT2D eigenvalue weighted by Crippen LogP contribution is 2.24. The lowest BCUT2D eigenvalue weighted by atomic mass is 9.99. The van der Waals surface area contributed by atoms with Gasteiger partial charge >= 0.3 is 0 Å². The number of aliphatic hydroxyl groups is 5. The minimum absolute atomic E-state index is 0.169. The van der Waals surface area contributed by atoms with Crippen LogP contribution in [-0.4, -0.2) is 87.5 Å². The van der Waals surface area contributed by atoms with Crippen LogP contribution in [0.3, 0.4) is 0 Å². The van der Waals surface area contributed by atoms with Gasteiger partial charge in [0.05, 0.1) is 25.4 Å². The third-order valence-electron chi connectivity index (χ3n) is 19.4. The van der Waals surface area contributed by atoms with E-state index in [9.17, 15) is 30.3 Å². The van der Waals surface area contributed by atoms with Gasteiger partial charge in [0.15, 0.2) is 6.29 Å². The Kier molecular flexibility index (Phi) is 67.9. The summed E-state index contributed by atoms with van der Waals surface area (Å²) in [6.45, 7) is 3.83. The van der Waals surface area contributed by atoms with Crippen molar-refractivity contribution in [3.63, 3.8) is 0 Å². The Morgan fingerprint density at radius 2 is 0.648 bits per heavy atom. The zero-order valence-electron chi connectivity index (χ0n) is 60.4. The van der Waals surface area contributed by atoms with Crippen LogP contribution in [0.4, 0.5) is 0 Å². The van der Waals surface area contributed by atoms with Crippen molar-refractivity contribution in [3.8, 4) is 0 Å². The number of allylic oxidation sites excluding steroid dienone is 7. The van der Waals surface area contributed by atoms with Crippen molar-refractivity contribution in [3.05, 3.63) is 48.6 Å². The lowest BCUT2D eigenvalue weighted by Crippen LogP contribution is -2.60. The van der Waals surface area contributed by atoms with Crippen LogP contribution in [0.1, 0.15) is 412 Å². The zero-order chi connectivity index (χ0) is 65.7. The van der Waals surface area contributed by atoms with Crippen molar-refractivity contribution < 1.29 is 39.8 Å². The summed E-state index contributed by atoms with van der Waals surface area (Å²) in [5.74, 6) is -0.169. The molecule has 0 aromatic carbocycles. The number of aliphatic hydroxyl groups excluding tert-OH is 5.